The molecule has 1 N–H and O–H groups in total. The summed E-state index contributed by atoms with van der Waals surface area (Å²) in [6.45, 7) is 0.108. The molecule has 0 aliphatic heterocycles. The fraction of sp³-hybridized carbons (Fsp3) is 0.273. The third-order valence-corrected chi connectivity index (χ3v) is 6.06. The van der Waals surface area contributed by atoms with Crippen molar-refractivity contribution in [2.45, 2.75) is 31.8 Å². The molecule has 0 spiro atoms. The first-order chi connectivity index (χ1) is 14.5. The second kappa shape index (κ2) is 6.69. The summed E-state index contributed by atoms with van der Waals surface area (Å²) in [4.78, 5) is 54.1. The average Bonchev–Trinajstić information content (AvgIpc) is 2.71. The summed E-state index contributed by atoms with van der Waals surface area (Å²) in [6, 6.07) is 13.3. The molecule has 0 bridgehead atoms. The van der Waals surface area contributed by atoms with E-state index in [1.807, 2.05) is 42.5 Å². The molecule has 2 aromatic heterocycles. The van der Waals surface area contributed by atoms with E-state index in [0.29, 0.717) is 0 Å². The van der Waals surface area contributed by atoms with Gasteiger partial charge in [-0.1, -0.05) is 42.5 Å². The van der Waals surface area contributed by atoms with Crippen LogP contribution in [0.5, 0.6) is 0 Å². The van der Waals surface area contributed by atoms with Crippen molar-refractivity contribution in [2.75, 3.05) is 0 Å². The molecular weight excluding hydrogens is 384 g/mol. The fourth-order valence-electron chi connectivity index (χ4n) is 4.20. The zero-order valence-corrected chi connectivity index (χ0v) is 16.4. The lowest BCUT2D eigenvalue weighted by molar-refractivity contribution is 0.297. The summed E-state index contributed by atoms with van der Waals surface area (Å²) in [5, 5.41) is 1.97. The van der Waals surface area contributed by atoms with Crippen LogP contribution in [-0.4, -0.2) is 18.7 Å². The molecular formula is C22H20N4O4. The zero-order valence-electron chi connectivity index (χ0n) is 16.4. The molecule has 0 saturated heterocycles. The van der Waals surface area contributed by atoms with E-state index >= 15 is 0 Å². The van der Waals surface area contributed by atoms with E-state index in [1.54, 1.807) is 0 Å². The predicted octanol–water partition coefficient (Wildman–Crippen LogP) is 1.48. The third-order valence-electron chi connectivity index (χ3n) is 6.06. The third kappa shape index (κ3) is 2.60. The van der Waals surface area contributed by atoms with Crippen molar-refractivity contribution in [3.8, 4) is 0 Å². The van der Waals surface area contributed by atoms with Crippen LogP contribution in [0.1, 0.15) is 30.9 Å². The van der Waals surface area contributed by atoms with Crippen molar-refractivity contribution < 1.29 is 0 Å². The standard InChI is InChI=1S/C22H20N4O4/c1-24-19(27)17-18(20(28)26(21(29)23-17)15-9-5-10-15)25(22(24)30)12-14-8-4-7-13-6-2-3-11-16(13)14/h2-4,6-8,11,15H,5,9-10,12H2,1H3,(H,23,29). The second-order valence-electron chi connectivity index (χ2n) is 7.78. The summed E-state index contributed by atoms with van der Waals surface area (Å²) in [6.07, 6.45) is 2.40. The lowest BCUT2D eigenvalue weighted by atomic mass is 9.93. The number of hydrogen-bond acceptors (Lipinski definition) is 4. The Bertz CT molecular complexity index is 1550. The molecule has 2 aromatic carbocycles. The van der Waals surface area contributed by atoms with E-state index in [4.69, 9.17) is 0 Å². The van der Waals surface area contributed by atoms with Crippen LogP contribution in [0.3, 0.4) is 0 Å². The highest BCUT2D eigenvalue weighted by atomic mass is 16.2. The fourth-order valence-corrected chi connectivity index (χ4v) is 4.20. The van der Waals surface area contributed by atoms with Gasteiger partial charge in [0.2, 0.25) is 0 Å². The van der Waals surface area contributed by atoms with Gasteiger partial charge in [0, 0.05) is 13.1 Å². The molecule has 8 nitrogen and oxygen atoms in total. The molecule has 1 aliphatic rings. The van der Waals surface area contributed by atoms with Gasteiger partial charge in [-0.3, -0.25) is 23.3 Å². The zero-order chi connectivity index (χ0) is 21.0. The highest BCUT2D eigenvalue weighted by Gasteiger charge is 2.26. The number of aromatic amines is 1. The molecule has 0 unspecified atom stereocenters. The normalized spacial score (nSPS) is 14.3. The molecule has 1 saturated carbocycles. The maximum Gasteiger partial charge on any atom is 0.331 e. The number of nitrogens with one attached hydrogen (secondary N) is 1. The van der Waals surface area contributed by atoms with E-state index in [1.165, 1.54) is 11.6 Å². The summed E-state index contributed by atoms with van der Waals surface area (Å²) >= 11 is 0. The maximum atomic E-state index is 13.3. The Kier molecular flexibility index (Phi) is 4.09. The molecule has 1 fully saturated rings. The van der Waals surface area contributed by atoms with Crippen molar-refractivity contribution in [2.24, 2.45) is 7.05 Å². The molecule has 5 rings (SSSR count). The topological polar surface area (TPSA) is 98.9 Å². The van der Waals surface area contributed by atoms with Gasteiger partial charge in [-0.2, -0.15) is 0 Å². The van der Waals surface area contributed by atoms with Crippen molar-refractivity contribution >= 4 is 21.8 Å². The lowest BCUT2D eigenvalue weighted by Gasteiger charge is -2.26. The van der Waals surface area contributed by atoms with Crippen LogP contribution in [0.2, 0.25) is 0 Å². The van der Waals surface area contributed by atoms with Gasteiger partial charge in [0.1, 0.15) is 11.0 Å². The highest BCUT2D eigenvalue weighted by molar-refractivity contribution is 5.85. The summed E-state index contributed by atoms with van der Waals surface area (Å²) < 4.78 is 3.38. The predicted molar refractivity (Wildman–Crippen MR) is 114 cm³/mol. The quantitative estimate of drug-likeness (QED) is 0.559. The Hall–Kier alpha value is -3.68. The molecule has 0 amide bonds. The second-order valence-corrected chi connectivity index (χ2v) is 7.78. The SMILES string of the molecule is Cn1c(=O)c2[nH]c(=O)n(C3CCC3)c(=O)c2n(Cc2cccc3ccccc23)c1=O. The van der Waals surface area contributed by atoms with E-state index in [0.717, 1.165) is 44.7 Å². The molecule has 2 heterocycles. The van der Waals surface area contributed by atoms with E-state index in [-0.39, 0.29) is 23.6 Å². The van der Waals surface area contributed by atoms with Crippen LogP contribution >= 0.6 is 0 Å². The van der Waals surface area contributed by atoms with Crippen molar-refractivity contribution in [1.82, 2.24) is 18.7 Å². The van der Waals surface area contributed by atoms with Crippen LogP contribution in [0.25, 0.3) is 21.8 Å². The molecule has 1 aliphatic carbocycles. The van der Waals surface area contributed by atoms with Gasteiger partial charge in [-0.25, -0.2) is 9.59 Å². The van der Waals surface area contributed by atoms with Gasteiger partial charge in [-0.05, 0) is 35.6 Å². The molecule has 30 heavy (non-hydrogen) atoms. The van der Waals surface area contributed by atoms with Crippen molar-refractivity contribution in [3.05, 3.63) is 89.7 Å². The van der Waals surface area contributed by atoms with Gasteiger partial charge in [-0.15, -0.1) is 0 Å². The highest BCUT2D eigenvalue weighted by Crippen LogP contribution is 2.29. The molecule has 8 heteroatoms. The molecule has 152 valence electrons. The Morgan fingerprint density at radius 2 is 1.70 bits per heavy atom. The van der Waals surface area contributed by atoms with Crippen molar-refractivity contribution in [1.29, 1.82) is 0 Å². The van der Waals surface area contributed by atoms with Crippen LogP contribution < -0.4 is 22.5 Å². The number of hydrogen-bond donors (Lipinski definition) is 1. The Morgan fingerprint density at radius 3 is 2.43 bits per heavy atom. The Labute approximate surface area is 169 Å². The monoisotopic (exact) mass is 404 g/mol. The van der Waals surface area contributed by atoms with Gasteiger partial charge >= 0.3 is 11.4 Å². The van der Waals surface area contributed by atoms with Crippen LogP contribution in [0.4, 0.5) is 0 Å². The van der Waals surface area contributed by atoms with Gasteiger partial charge < -0.3 is 4.98 Å². The van der Waals surface area contributed by atoms with Gasteiger partial charge in [0.15, 0.2) is 0 Å². The van der Waals surface area contributed by atoms with Gasteiger partial charge in [0.25, 0.3) is 11.1 Å². The minimum Gasteiger partial charge on any atom is -0.301 e. The number of fused-ring (bicyclic) bond motifs is 2. The minimum absolute atomic E-state index is 0.0532. The number of rotatable bonds is 3. The number of nitrogens with zero attached hydrogens (tertiary/aromatic N) is 3. The Morgan fingerprint density at radius 1 is 0.967 bits per heavy atom. The molecule has 0 radical (unpaired) electrons. The van der Waals surface area contributed by atoms with E-state index < -0.39 is 22.5 Å². The first-order valence-electron chi connectivity index (χ1n) is 9.92. The number of benzene rings is 2. The van der Waals surface area contributed by atoms with Gasteiger partial charge in [0.05, 0.1) is 6.54 Å². The first-order valence-corrected chi connectivity index (χ1v) is 9.92. The summed E-state index contributed by atoms with van der Waals surface area (Å²) in [5.74, 6) is 0. The maximum absolute atomic E-state index is 13.3. The van der Waals surface area contributed by atoms with Crippen LogP contribution in [-0.2, 0) is 13.6 Å². The van der Waals surface area contributed by atoms with E-state index in [2.05, 4.69) is 4.98 Å². The number of aromatic nitrogens is 4. The molecule has 0 atom stereocenters. The Balaban J connectivity index is 1.85. The summed E-state index contributed by atoms with van der Waals surface area (Å²) in [7, 11) is 1.35. The largest absolute Gasteiger partial charge is 0.331 e. The van der Waals surface area contributed by atoms with E-state index in [9.17, 15) is 19.2 Å². The minimum atomic E-state index is -0.681. The summed E-state index contributed by atoms with van der Waals surface area (Å²) in [5.41, 5.74) is -1.82. The van der Waals surface area contributed by atoms with Crippen LogP contribution in [0.15, 0.2) is 61.6 Å². The van der Waals surface area contributed by atoms with Crippen molar-refractivity contribution in [3.63, 3.8) is 0 Å². The smallest absolute Gasteiger partial charge is 0.301 e. The first kappa shape index (κ1) is 18.4. The average molecular weight is 404 g/mol. The number of H-pyrrole nitrogens is 1. The molecule has 4 aromatic rings. The van der Waals surface area contributed by atoms with Crippen LogP contribution in [0, 0.1) is 0 Å². The lowest BCUT2D eigenvalue weighted by Crippen LogP contribution is -2.47.